The van der Waals surface area contributed by atoms with Crippen molar-refractivity contribution in [2.75, 3.05) is 5.32 Å². The van der Waals surface area contributed by atoms with Crippen molar-refractivity contribution in [3.63, 3.8) is 0 Å². The molecule has 0 aliphatic rings. The van der Waals surface area contributed by atoms with Crippen molar-refractivity contribution in [1.29, 1.82) is 0 Å². The summed E-state index contributed by atoms with van der Waals surface area (Å²) in [5, 5.41) is 7.03. The topological polar surface area (TPSA) is 46.9 Å². The van der Waals surface area contributed by atoms with Gasteiger partial charge in [0.15, 0.2) is 0 Å². The van der Waals surface area contributed by atoms with Crippen LogP contribution in [0.3, 0.4) is 0 Å². The Bertz CT molecular complexity index is 589. The molecule has 0 saturated heterocycles. The van der Waals surface area contributed by atoms with Crippen molar-refractivity contribution >= 4 is 27.5 Å². The molecular weight excluding hydrogens is 318 g/mol. The molecule has 1 N–H and O–H groups in total. The minimum absolute atomic E-state index is 0.0853. The van der Waals surface area contributed by atoms with Gasteiger partial charge in [-0.2, -0.15) is 5.10 Å². The first-order valence-electron chi connectivity index (χ1n) is 6.58. The Morgan fingerprint density at radius 1 is 1.25 bits per heavy atom. The van der Waals surface area contributed by atoms with Crippen molar-refractivity contribution < 1.29 is 4.79 Å². The first kappa shape index (κ1) is 14.8. The number of nitrogens with zero attached hydrogens (tertiary/aromatic N) is 2. The highest BCUT2D eigenvalue weighted by molar-refractivity contribution is 9.10. The average molecular weight is 336 g/mol. The molecule has 1 heterocycles. The molecule has 0 aliphatic heterocycles. The maximum atomic E-state index is 12.2. The third-order valence-electron chi connectivity index (χ3n) is 3.19. The van der Waals surface area contributed by atoms with Crippen LogP contribution in [0.5, 0.6) is 0 Å². The molecule has 0 spiro atoms. The monoisotopic (exact) mass is 335 g/mol. The minimum atomic E-state index is -0.355. The molecule has 1 amide bonds. The van der Waals surface area contributed by atoms with Gasteiger partial charge in [-0.1, -0.05) is 26.0 Å². The second-order valence-corrected chi connectivity index (χ2v) is 6.00. The number of halogens is 1. The van der Waals surface area contributed by atoms with Crippen LogP contribution in [0.25, 0.3) is 0 Å². The molecular formula is C15H18BrN3O. The van der Waals surface area contributed by atoms with Crippen molar-refractivity contribution in [2.45, 2.75) is 32.7 Å². The number of carbonyl (C=O) groups excluding carboxylic acids is 1. The largest absolute Gasteiger partial charge is 0.324 e. The fourth-order valence-electron chi connectivity index (χ4n) is 1.84. The van der Waals surface area contributed by atoms with Crippen LogP contribution in [0.4, 0.5) is 5.69 Å². The van der Waals surface area contributed by atoms with Crippen LogP contribution in [0.2, 0.25) is 0 Å². The average Bonchev–Trinajstić information content (AvgIpc) is 2.85. The van der Waals surface area contributed by atoms with Gasteiger partial charge in [0.2, 0.25) is 5.91 Å². The van der Waals surface area contributed by atoms with E-state index in [0.717, 1.165) is 10.2 Å². The van der Waals surface area contributed by atoms with Gasteiger partial charge in [0.05, 0.1) is 10.7 Å². The molecule has 1 unspecified atom stereocenters. The van der Waals surface area contributed by atoms with E-state index >= 15 is 0 Å². The Morgan fingerprint density at radius 2 is 1.90 bits per heavy atom. The van der Waals surface area contributed by atoms with Gasteiger partial charge in [0, 0.05) is 11.9 Å². The van der Waals surface area contributed by atoms with Gasteiger partial charge in [-0.05, 0) is 46.5 Å². The molecule has 2 rings (SSSR count). The maximum Gasteiger partial charge on any atom is 0.248 e. The Hall–Kier alpha value is -1.62. The first-order valence-corrected chi connectivity index (χ1v) is 7.37. The van der Waals surface area contributed by atoms with Crippen LogP contribution < -0.4 is 5.32 Å². The second kappa shape index (κ2) is 6.22. The van der Waals surface area contributed by atoms with E-state index in [1.54, 1.807) is 17.1 Å². The number of carbonyl (C=O) groups is 1. The number of aromatic nitrogens is 2. The van der Waals surface area contributed by atoms with Crippen LogP contribution in [-0.4, -0.2) is 15.7 Å². The van der Waals surface area contributed by atoms with E-state index in [1.807, 2.05) is 31.2 Å². The lowest BCUT2D eigenvalue weighted by atomic mass is 10.0. The van der Waals surface area contributed by atoms with Gasteiger partial charge >= 0.3 is 0 Å². The standard InChI is InChI=1S/C15H18BrN3O/c1-10(2)12-4-6-14(7-5-12)18-15(20)11(3)19-9-13(16)8-17-19/h4-11H,1-3H3,(H,18,20). The lowest BCUT2D eigenvalue weighted by Crippen LogP contribution is -2.23. The highest BCUT2D eigenvalue weighted by Crippen LogP contribution is 2.18. The first-order chi connectivity index (χ1) is 9.47. The fourth-order valence-corrected chi connectivity index (χ4v) is 2.15. The summed E-state index contributed by atoms with van der Waals surface area (Å²) in [6.45, 7) is 6.10. The molecule has 0 aliphatic carbocycles. The molecule has 0 radical (unpaired) electrons. The SMILES string of the molecule is CC(C)c1ccc(NC(=O)C(C)n2cc(Br)cn2)cc1. The van der Waals surface area contributed by atoms with Gasteiger partial charge in [0.1, 0.15) is 6.04 Å². The fraction of sp³-hybridized carbons (Fsp3) is 0.333. The van der Waals surface area contributed by atoms with Crippen molar-refractivity contribution in [3.05, 3.63) is 46.7 Å². The Morgan fingerprint density at radius 3 is 2.40 bits per heavy atom. The summed E-state index contributed by atoms with van der Waals surface area (Å²) in [5.74, 6) is 0.401. The van der Waals surface area contributed by atoms with E-state index in [0.29, 0.717) is 5.92 Å². The van der Waals surface area contributed by atoms with Crippen LogP contribution in [0.1, 0.15) is 38.3 Å². The van der Waals surface area contributed by atoms with Gasteiger partial charge < -0.3 is 5.32 Å². The molecule has 1 atom stereocenters. The zero-order chi connectivity index (χ0) is 14.7. The van der Waals surface area contributed by atoms with Gasteiger partial charge in [-0.15, -0.1) is 0 Å². The molecule has 1 aromatic carbocycles. The van der Waals surface area contributed by atoms with Crippen LogP contribution >= 0.6 is 15.9 Å². The van der Waals surface area contributed by atoms with E-state index in [2.05, 4.69) is 40.2 Å². The quantitative estimate of drug-likeness (QED) is 0.918. The summed E-state index contributed by atoms with van der Waals surface area (Å²) < 4.78 is 2.49. The summed E-state index contributed by atoms with van der Waals surface area (Å²) in [7, 11) is 0. The summed E-state index contributed by atoms with van der Waals surface area (Å²) in [6, 6.07) is 7.58. The molecule has 0 saturated carbocycles. The van der Waals surface area contributed by atoms with Crippen molar-refractivity contribution in [3.8, 4) is 0 Å². The van der Waals surface area contributed by atoms with Crippen LogP contribution in [0, 0.1) is 0 Å². The number of hydrogen-bond donors (Lipinski definition) is 1. The number of benzene rings is 1. The highest BCUT2D eigenvalue weighted by Gasteiger charge is 2.15. The minimum Gasteiger partial charge on any atom is -0.324 e. The molecule has 20 heavy (non-hydrogen) atoms. The zero-order valence-corrected chi connectivity index (χ0v) is 13.4. The molecule has 106 valence electrons. The van der Waals surface area contributed by atoms with E-state index in [4.69, 9.17) is 0 Å². The Labute approximate surface area is 127 Å². The third kappa shape index (κ3) is 3.48. The van der Waals surface area contributed by atoms with E-state index < -0.39 is 0 Å². The van der Waals surface area contributed by atoms with Crippen molar-refractivity contribution in [2.24, 2.45) is 0 Å². The number of hydrogen-bond acceptors (Lipinski definition) is 2. The molecule has 2 aromatic rings. The molecule has 1 aromatic heterocycles. The lowest BCUT2D eigenvalue weighted by Gasteiger charge is -2.13. The Balaban J connectivity index is 2.04. The van der Waals surface area contributed by atoms with Crippen LogP contribution in [-0.2, 0) is 4.79 Å². The predicted octanol–water partition coefficient (Wildman–Crippen LogP) is 3.97. The summed E-state index contributed by atoms with van der Waals surface area (Å²) in [6.07, 6.45) is 3.45. The third-order valence-corrected chi connectivity index (χ3v) is 3.60. The summed E-state index contributed by atoms with van der Waals surface area (Å²) >= 11 is 3.32. The van der Waals surface area contributed by atoms with Crippen LogP contribution in [0.15, 0.2) is 41.1 Å². The van der Waals surface area contributed by atoms with E-state index in [9.17, 15) is 4.79 Å². The highest BCUT2D eigenvalue weighted by atomic mass is 79.9. The molecule has 4 nitrogen and oxygen atoms in total. The van der Waals surface area contributed by atoms with Crippen molar-refractivity contribution in [1.82, 2.24) is 9.78 Å². The van der Waals surface area contributed by atoms with Gasteiger partial charge in [-0.25, -0.2) is 0 Å². The molecule has 0 bridgehead atoms. The van der Waals surface area contributed by atoms with E-state index in [1.165, 1.54) is 5.56 Å². The second-order valence-electron chi connectivity index (χ2n) is 5.08. The smallest absolute Gasteiger partial charge is 0.248 e. The number of nitrogens with one attached hydrogen (secondary N) is 1. The summed E-state index contributed by atoms with van der Waals surface area (Å²) in [5.41, 5.74) is 2.06. The zero-order valence-electron chi connectivity index (χ0n) is 11.8. The van der Waals surface area contributed by atoms with Gasteiger partial charge in [0.25, 0.3) is 0 Å². The number of rotatable bonds is 4. The number of amides is 1. The lowest BCUT2D eigenvalue weighted by molar-refractivity contribution is -0.119. The molecule has 5 heteroatoms. The normalized spacial score (nSPS) is 12.4. The molecule has 0 fully saturated rings. The number of anilines is 1. The maximum absolute atomic E-state index is 12.2. The summed E-state index contributed by atoms with van der Waals surface area (Å²) in [4.78, 5) is 12.2. The van der Waals surface area contributed by atoms with Gasteiger partial charge in [-0.3, -0.25) is 9.48 Å². The Kier molecular flexibility index (Phi) is 4.60. The van der Waals surface area contributed by atoms with E-state index in [-0.39, 0.29) is 11.9 Å². The predicted molar refractivity (Wildman–Crippen MR) is 83.8 cm³/mol.